The number of carbonyl (C=O) groups is 2. The van der Waals surface area contributed by atoms with Gasteiger partial charge in [-0.2, -0.15) is 0 Å². The molecule has 1 aliphatic carbocycles. The van der Waals surface area contributed by atoms with E-state index in [0.29, 0.717) is 11.1 Å². The number of benzene rings is 1. The molecule has 0 N–H and O–H groups in total. The fourth-order valence-electron chi connectivity index (χ4n) is 2.04. The van der Waals surface area contributed by atoms with E-state index in [1.807, 2.05) is 0 Å². The van der Waals surface area contributed by atoms with Crippen LogP contribution in [0, 0.1) is 10.1 Å². The van der Waals surface area contributed by atoms with Gasteiger partial charge in [-0.05, 0) is 37.1 Å². The maximum absolute atomic E-state index is 12.0. The van der Waals surface area contributed by atoms with Crippen LogP contribution in [0.2, 0.25) is 0 Å². The minimum atomic E-state index is -0.993. The van der Waals surface area contributed by atoms with Crippen LogP contribution in [0.3, 0.4) is 0 Å². The number of non-ortho nitro benzene ring substituents is 1. The van der Waals surface area contributed by atoms with E-state index in [-0.39, 0.29) is 22.7 Å². The van der Waals surface area contributed by atoms with E-state index < -0.39 is 21.6 Å². The van der Waals surface area contributed by atoms with Crippen LogP contribution in [-0.4, -0.2) is 33.1 Å². The average Bonchev–Trinajstić information content (AvgIpc) is 2.58. The number of nitrogens with zero attached hydrogens (tertiary/aromatic N) is 2. The first-order valence-electron chi connectivity index (χ1n) is 6.78. The van der Waals surface area contributed by atoms with E-state index in [2.05, 4.69) is 5.16 Å². The van der Waals surface area contributed by atoms with E-state index in [4.69, 9.17) is 28.0 Å². The molecular formula is C15H12Cl2N2O5. The fourth-order valence-corrected chi connectivity index (χ4v) is 2.64. The summed E-state index contributed by atoms with van der Waals surface area (Å²) in [7, 11) is 0. The van der Waals surface area contributed by atoms with Crippen molar-refractivity contribution in [2.24, 2.45) is 5.16 Å². The van der Waals surface area contributed by atoms with Crippen molar-refractivity contribution in [3.05, 3.63) is 51.1 Å². The number of carbonyl (C=O) groups excluding carboxylic acids is 2. The third-order valence-corrected chi connectivity index (χ3v) is 4.66. The van der Waals surface area contributed by atoms with Gasteiger partial charge in [0.05, 0.1) is 10.5 Å². The van der Waals surface area contributed by atoms with Gasteiger partial charge in [0.1, 0.15) is 16.5 Å². The van der Waals surface area contributed by atoms with Gasteiger partial charge >= 0.3 is 5.97 Å². The molecule has 0 saturated carbocycles. The monoisotopic (exact) mass is 370 g/mol. The molecular weight excluding hydrogens is 359 g/mol. The Balaban J connectivity index is 2.21. The molecule has 2 unspecified atom stereocenters. The van der Waals surface area contributed by atoms with Crippen molar-refractivity contribution in [2.45, 2.75) is 24.6 Å². The molecule has 126 valence electrons. The summed E-state index contributed by atoms with van der Waals surface area (Å²) in [5, 5.41) is 12.4. The Morgan fingerprint density at radius 2 is 1.75 bits per heavy atom. The number of halogens is 2. The summed E-state index contributed by atoms with van der Waals surface area (Å²) < 4.78 is 0. The molecule has 0 heterocycles. The highest BCUT2D eigenvalue weighted by atomic mass is 35.5. The molecule has 0 radical (unpaired) electrons. The smallest absolute Gasteiger partial charge is 0.312 e. The molecule has 2 rings (SSSR count). The minimum Gasteiger partial charge on any atom is -0.312 e. The second kappa shape index (κ2) is 7.11. The van der Waals surface area contributed by atoms with Crippen molar-refractivity contribution >= 4 is 46.4 Å². The zero-order valence-corrected chi connectivity index (χ0v) is 14.2. The number of allylic oxidation sites excluding steroid dienone is 2. The standard InChI is InChI=1S/C15H12Cl2N2O5/c1-7-8(2)14(20)12(17)11(16)13(7)18-24-15(21)9-3-5-10(6-4-9)19(22)23/h3-6,11-12H,1-2H3/b18-13-. The second-order valence-electron chi connectivity index (χ2n) is 5.08. The predicted molar refractivity (Wildman–Crippen MR) is 88.6 cm³/mol. The minimum absolute atomic E-state index is 0.0868. The number of nitro groups is 1. The Hall–Kier alpha value is -2.25. The highest BCUT2D eigenvalue weighted by Crippen LogP contribution is 2.28. The zero-order valence-electron chi connectivity index (χ0n) is 12.7. The number of rotatable bonds is 3. The lowest BCUT2D eigenvalue weighted by Crippen LogP contribution is -2.38. The zero-order chi connectivity index (χ0) is 18.0. The van der Waals surface area contributed by atoms with Gasteiger partial charge in [-0.3, -0.25) is 14.9 Å². The lowest BCUT2D eigenvalue weighted by atomic mass is 9.90. The summed E-state index contributed by atoms with van der Waals surface area (Å²) in [5.41, 5.74) is 1.03. The first kappa shape index (κ1) is 18.1. The topological polar surface area (TPSA) is 98.9 Å². The SMILES string of the molecule is CC1=C(C)/C(=N/OC(=O)c2ccc([N+](=O)[O-])cc2)C(Cl)C(Cl)C1=O. The molecule has 2 atom stereocenters. The van der Waals surface area contributed by atoms with Crippen LogP contribution in [0.15, 0.2) is 40.6 Å². The predicted octanol–water partition coefficient (Wildman–Crippen LogP) is 3.24. The Kier molecular flexibility index (Phi) is 5.36. The van der Waals surface area contributed by atoms with E-state index >= 15 is 0 Å². The highest BCUT2D eigenvalue weighted by molar-refractivity contribution is 6.48. The molecule has 0 aliphatic heterocycles. The molecule has 24 heavy (non-hydrogen) atoms. The molecule has 7 nitrogen and oxygen atoms in total. The van der Waals surface area contributed by atoms with Gasteiger partial charge in [0.25, 0.3) is 5.69 Å². The van der Waals surface area contributed by atoms with Gasteiger partial charge in [0.2, 0.25) is 0 Å². The molecule has 0 aromatic heterocycles. The summed E-state index contributed by atoms with van der Waals surface area (Å²) >= 11 is 12.0. The largest absolute Gasteiger partial charge is 0.365 e. The molecule has 1 aromatic rings. The van der Waals surface area contributed by atoms with Gasteiger partial charge in [0.15, 0.2) is 5.78 Å². The summed E-state index contributed by atoms with van der Waals surface area (Å²) in [4.78, 5) is 38.6. The van der Waals surface area contributed by atoms with Crippen LogP contribution in [0.1, 0.15) is 24.2 Å². The van der Waals surface area contributed by atoms with Crippen molar-refractivity contribution in [1.82, 2.24) is 0 Å². The number of oxime groups is 1. The Bertz CT molecular complexity index is 771. The molecule has 9 heteroatoms. The highest BCUT2D eigenvalue weighted by Gasteiger charge is 2.37. The number of Topliss-reactive ketones (excluding diaryl/α,β-unsaturated/α-hetero) is 1. The molecule has 1 aliphatic rings. The molecule has 0 amide bonds. The molecule has 1 aromatic carbocycles. The number of nitro benzene ring substituents is 1. The van der Waals surface area contributed by atoms with Crippen molar-refractivity contribution in [1.29, 1.82) is 0 Å². The first-order chi connectivity index (χ1) is 11.2. The lowest BCUT2D eigenvalue weighted by molar-refractivity contribution is -0.384. The van der Waals surface area contributed by atoms with Crippen molar-refractivity contribution in [3.63, 3.8) is 0 Å². The third-order valence-electron chi connectivity index (χ3n) is 3.63. The van der Waals surface area contributed by atoms with Crippen LogP contribution >= 0.6 is 23.2 Å². The van der Waals surface area contributed by atoms with Gasteiger partial charge in [0, 0.05) is 12.1 Å². The quantitative estimate of drug-likeness (QED) is 0.352. The van der Waals surface area contributed by atoms with Crippen molar-refractivity contribution in [2.75, 3.05) is 0 Å². The van der Waals surface area contributed by atoms with Crippen LogP contribution in [0.25, 0.3) is 0 Å². The number of ketones is 1. The fraction of sp³-hybridized carbons (Fsp3) is 0.267. The van der Waals surface area contributed by atoms with Crippen molar-refractivity contribution < 1.29 is 19.3 Å². The molecule has 0 bridgehead atoms. The Morgan fingerprint density at radius 3 is 2.29 bits per heavy atom. The van der Waals surface area contributed by atoms with Gasteiger partial charge in [-0.25, -0.2) is 4.79 Å². The van der Waals surface area contributed by atoms with Crippen LogP contribution in [0.5, 0.6) is 0 Å². The van der Waals surface area contributed by atoms with Gasteiger partial charge in [-0.15, -0.1) is 23.2 Å². The maximum atomic E-state index is 12.0. The second-order valence-corrected chi connectivity index (χ2v) is 6.02. The summed E-state index contributed by atoms with van der Waals surface area (Å²) in [6.45, 7) is 3.22. The maximum Gasteiger partial charge on any atom is 0.365 e. The van der Waals surface area contributed by atoms with E-state index in [9.17, 15) is 19.7 Å². The van der Waals surface area contributed by atoms with Crippen LogP contribution in [-0.2, 0) is 9.63 Å². The normalized spacial score (nSPS) is 22.7. The Morgan fingerprint density at radius 1 is 1.17 bits per heavy atom. The van der Waals surface area contributed by atoms with Crippen LogP contribution < -0.4 is 0 Å². The molecule has 0 spiro atoms. The number of hydrogen-bond acceptors (Lipinski definition) is 6. The molecule has 0 fully saturated rings. The number of alkyl halides is 2. The first-order valence-corrected chi connectivity index (χ1v) is 7.65. The van der Waals surface area contributed by atoms with E-state index in [1.54, 1.807) is 13.8 Å². The van der Waals surface area contributed by atoms with Crippen LogP contribution in [0.4, 0.5) is 5.69 Å². The van der Waals surface area contributed by atoms with Gasteiger partial charge in [-0.1, -0.05) is 5.16 Å². The average molecular weight is 371 g/mol. The molecule has 0 saturated heterocycles. The summed E-state index contributed by atoms with van der Waals surface area (Å²) in [5.74, 6) is -1.11. The van der Waals surface area contributed by atoms with Gasteiger partial charge < -0.3 is 4.84 Å². The summed E-state index contributed by atoms with van der Waals surface area (Å²) in [6.07, 6.45) is 0. The van der Waals surface area contributed by atoms with E-state index in [1.165, 1.54) is 24.3 Å². The lowest BCUT2D eigenvalue weighted by Gasteiger charge is -2.24. The summed E-state index contributed by atoms with van der Waals surface area (Å²) in [6, 6.07) is 4.86. The Labute approximate surface area is 147 Å². The third kappa shape index (κ3) is 3.47. The van der Waals surface area contributed by atoms with Crippen molar-refractivity contribution in [3.8, 4) is 0 Å². The van der Waals surface area contributed by atoms with E-state index in [0.717, 1.165) is 0 Å². The number of hydrogen-bond donors (Lipinski definition) is 0.